The van der Waals surface area contributed by atoms with Gasteiger partial charge in [-0.2, -0.15) is 0 Å². The molecule has 0 fully saturated rings. The molecule has 2 rings (SSSR count). The molecule has 0 atom stereocenters. The number of rotatable bonds is 3. The first-order valence-corrected chi connectivity index (χ1v) is 6.60. The molecule has 0 amide bonds. The van der Waals surface area contributed by atoms with Crippen molar-refractivity contribution in [3.63, 3.8) is 0 Å². The molecule has 110 valence electrons. The van der Waals surface area contributed by atoms with Gasteiger partial charge in [-0.25, -0.2) is 0 Å². The van der Waals surface area contributed by atoms with Gasteiger partial charge < -0.3 is 10.5 Å². The van der Waals surface area contributed by atoms with Gasteiger partial charge in [0.1, 0.15) is 11.5 Å². The van der Waals surface area contributed by atoms with Crippen LogP contribution in [0.15, 0.2) is 42.5 Å². The largest absolute Gasteiger partial charge is 0.455 e. The van der Waals surface area contributed by atoms with Crippen LogP contribution < -0.4 is 10.5 Å². The molecule has 0 aliphatic rings. The highest BCUT2D eigenvalue weighted by atomic mass is 16.6. The van der Waals surface area contributed by atoms with E-state index in [0.717, 1.165) is 5.56 Å². The molecule has 5 nitrogen and oxygen atoms in total. The summed E-state index contributed by atoms with van der Waals surface area (Å²) in [6.45, 7) is 6.33. The number of hydrogen-bond donors (Lipinski definition) is 1. The van der Waals surface area contributed by atoms with Crippen LogP contribution in [0.2, 0.25) is 0 Å². The van der Waals surface area contributed by atoms with Gasteiger partial charge >= 0.3 is 0 Å². The molecular formula is C16H18N2O3. The third-order valence-electron chi connectivity index (χ3n) is 3.15. The maximum absolute atomic E-state index is 10.6. The van der Waals surface area contributed by atoms with E-state index in [0.29, 0.717) is 17.2 Å². The van der Waals surface area contributed by atoms with E-state index >= 15 is 0 Å². The van der Waals surface area contributed by atoms with Crippen molar-refractivity contribution in [2.75, 3.05) is 5.73 Å². The lowest BCUT2D eigenvalue weighted by atomic mass is 9.87. The lowest BCUT2D eigenvalue weighted by Gasteiger charge is -2.20. The zero-order valence-corrected chi connectivity index (χ0v) is 12.3. The fourth-order valence-corrected chi connectivity index (χ4v) is 1.87. The fourth-order valence-electron chi connectivity index (χ4n) is 1.87. The van der Waals surface area contributed by atoms with Crippen molar-refractivity contribution in [2.24, 2.45) is 0 Å². The Morgan fingerprint density at radius 2 is 1.71 bits per heavy atom. The van der Waals surface area contributed by atoms with Crippen molar-refractivity contribution < 1.29 is 9.66 Å². The van der Waals surface area contributed by atoms with Crippen LogP contribution in [0.3, 0.4) is 0 Å². The minimum absolute atomic E-state index is 0.0139. The van der Waals surface area contributed by atoms with Crippen LogP contribution in [-0.2, 0) is 5.41 Å². The lowest BCUT2D eigenvalue weighted by Crippen LogP contribution is -2.11. The number of benzene rings is 2. The van der Waals surface area contributed by atoms with Gasteiger partial charge in [0.2, 0.25) is 0 Å². The first kappa shape index (κ1) is 14.8. The van der Waals surface area contributed by atoms with E-state index < -0.39 is 4.92 Å². The van der Waals surface area contributed by atoms with Crippen molar-refractivity contribution in [2.45, 2.75) is 26.2 Å². The minimum Gasteiger partial charge on any atom is -0.455 e. The van der Waals surface area contributed by atoms with Gasteiger partial charge in [0.25, 0.3) is 5.69 Å². The summed E-state index contributed by atoms with van der Waals surface area (Å²) in [4.78, 5) is 10.2. The smallest absolute Gasteiger partial charge is 0.269 e. The summed E-state index contributed by atoms with van der Waals surface area (Å²) in [5, 5.41) is 10.6. The van der Waals surface area contributed by atoms with Gasteiger partial charge in [-0.15, -0.1) is 0 Å². The number of hydrogen-bond acceptors (Lipinski definition) is 4. The van der Waals surface area contributed by atoms with Gasteiger partial charge in [0, 0.05) is 12.1 Å². The SMILES string of the molecule is CC(C)(C)c1ccc(Oc2ccc([N+](=O)[O-])cc2)c(N)c1. The molecule has 0 saturated heterocycles. The second-order valence-corrected chi connectivity index (χ2v) is 5.86. The Morgan fingerprint density at radius 1 is 1.10 bits per heavy atom. The number of non-ortho nitro benzene ring substituents is 1. The summed E-state index contributed by atoms with van der Waals surface area (Å²) in [5.74, 6) is 1.05. The lowest BCUT2D eigenvalue weighted by molar-refractivity contribution is -0.384. The molecule has 0 aliphatic heterocycles. The molecule has 2 N–H and O–H groups in total. The molecule has 0 bridgehead atoms. The van der Waals surface area contributed by atoms with Crippen LogP contribution >= 0.6 is 0 Å². The maximum Gasteiger partial charge on any atom is 0.269 e. The maximum atomic E-state index is 10.6. The van der Waals surface area contributed by atoms with Crippen molar-refractivity contribution in [1.29, 1.82) is 0 Å². The Kier molecular flexibility index (Phi) is 3.84. The van der Waals surface area contributed by atoms with Crippen molar-refractivity contribution in [3.8, 4) is 11.5 Å². The van der Waals surface area contributed by atoms with E-state index in [4.69, 9.17) is 10.5 Å². The van der Waals surface area contributed by atoms with Crippen LogP contribution in [-0.4, -0.2) is 4.92 Å². The Hall–Kier alpha value is -2.56. The van der Waals surface area contributed by atoms with E-state index in [1.807, 2.05) is 18.2 Å². The number of anilines is 1. The Morgan fingerprint density at radius 3 is 2.19 bits per heavy atom. The molecule has 21 heavy (non-hydrogen) atoms. The first-order valence-electron chi connectivity index (χ1n) is 6.60. The van der Waals surface area contributed by atoms with Gasteiger partial charge in [0.05, 0.1) is 10.6 Å². The summed E-state index contributed by atoms with van der Waals surface area (Å²) in [5.41, 5.74) is 7.71. The molecule has 0 saturated carbocycles. The Labute approximate surface area is 123 Å². The first-order chi connectivity index (χ1) is 9.77. The molecule has 2 aromatic rings. The summed E-state index contributed by atoms with van der Waals surface area (Å²) in [6, 6.07) is 11.6. The monoisotopic (exact) mass is 286 g/mol. The number of nitrogens with zero attached hydrogens (tertiary/aromatic N) is 1. The summed E-state index contributed by atoms with van der Waals surface area (Å²) < 4.78 is 5.66. The molecule has 0 aliphatic carbocycles. The molecule has 0 unspecified atom stereocenters. The summed E-state index contributed by atoms with van der Waals surface area (Å²) in [7, 11) is 0. The second-order valence-electron chi connectivity index (χ2n) is 5.86. The second kappa shape index (κ2) is 5.44. The molecular weight excluding hydrogens is 268 g/mol. The number of ether oxygens (including phenoxy) is 1. The zero-order valence-electron chi connectivity index (χ0n) is 12.3. The highest BCUT2D eigenvalue weighted by Crippen LogP contribution is 2.32. The average Bonchev–Trinajstić information content (AvgIpc) is 2.40. The van der Waals surface area contributed by atoms with Gasteiger partial charge in [-0.05, 0) is 35.2 Å². The minimum atomic E-state index is -0.448. The summed E-state index contributed by atoms with van der Waals surface area (Å²) >= 11 is 0. The van der Waals surface area contributed by atoms with Crippen molar-refractivity contribution in [3.05, 3.63) is 58.1 Å². The van der Waals surface area contributed by atoms with Gasteiger partial charge in [-0.3, -0.25) is 10.1 Å². The molecule has 0 aromatic heterocycles. The normalized spacial score (nSPS) is 11.2. The van der Waals surface area contributed by atoms with E-state index in [-0.39, 0.29) is 11.1 Å². The van der Waals surface area contributed by atoms with E-state index in [1.165, 1.54) is 12.1 Å². The number of nitro groups is 1. The number of nitrogens with two attached hydrogens (primary N) is 1. The van der Waals surface area contributed by atoms with Gasteiger partial charge in [-0.1, -0.05) is 26.8 Å². The van der Waals surface area contributed by atoms with Crippen molar-refractivity contribution in [1.82, 2.24) is 0 Å². The van der Waals surface area contributed by atoms with Crippen LogP contribution in [0.1, 0.15) is 26.3 Å². The molecule has 0 radical (unpaired) electrons. The van der Waals surface area contributed by atoms with E-state index in [9.17, 15) is 10.1 Å². The molecule has 2 aromatic carbocycles. The Balaban J connectivity index is 2.22. The van der Waals surface area contributed by atoms with Crippen LogP contribution in [0, 0.1) is 10.1 Å². The highest BCUT2D eigenvalue weighted by Gasteiger charge is 2.15. The fraction of sp³-hybridized carbons (Fsp3) is 0.250. The predicted octanol–water partition coefficient (Wildman–Crippen LogP) is 4.27. The number of nitro benzene ring substituents is 1. The third-order valence-corrected chi connectivity index (χ3v) is 3.15. The summed E-state index contributed by atoms with van der Waals surface area (Å²) in [6.07, 6.45) is 0. The highest BCUT2D eigenvalue weighted by molar-refractivity contribution is 5.57. The van der Waals surface area contributed by atoms with Crippen LogP contribution in [0.25, 0.3) is 0 Å². The Bertz CT molecular complexity index is 658. The van der Waals surface area contributed by atoms with E-state index in [1.54, 1.807) is 12.1 Å². The molecule has 0 heterocycles. The zero-order chi connectivity index (χ0) is 15.6. The van der Waals surface area contributed by atoms with Crippen LogP contribution in [0.5, 0.6) is 11.5 Å². The standard InChI is InChI=1S/C16H18N2O3/c1-16(2,3)11-4-9-15(14(17)10-11)21-13-7-5-12(6-8-13)18(19)20/h4-10H,17H2,1-3H3. The number of nitrogen functional groups attached to an aromatic ring is 1. The van der Waals surface area contributed by atoms with Crippen LogP contribution in [0.4, 0.5) is 11.4 Å². The van der Waals surface area contributed by atoms with Gasteiger partial charge in [0.15, 0.2) is 0 Å². The average molecular weight is 286 g/mol. The third kappa shape index (κ3) is 3.51. The molecule has 0 spiro atoms. The van der Waals surface area contributed by atoms with E-state index in [2.05, 4.69) is 20.8 Å². The van der Waals surface area contributed by atoms with Crippen molar-refractivity contribution >= 4 is 11.4 Å². The predicted molar refractivity (Wildman–Crippen MR) is 82.7 cm³/mol. The quantitative estimate of drug-likeness (QED) is 0.519. The molecule has 5 heteroatoms. The topological polar surface area (TPSA) is 78.4 Å².